The topological polar surface area (TPSA) is 32.7 Å². The molecule has 0 saturated carbocycles. The minimum atomic E-state index is 0.156. The molecule has 1 aromatic carbocycles. The second-order valence-corrected chi connectivity index (χ2v) is 4.69. The number of ether oxygens (including phenoxy) is 1. The van der Waals surface area contributed by atoms with Crippen molar-refractivity contribution in [1.82, 2.24) is 0 Å². The molecule has 1 aromatic rings. The SMILES string of the molecule is CCC(CO)N(CCOC(C)C)c1ccccc1. The van der Waals surface area contributed by atoms with Crippen molar-refractivity contribution in [3.05, 3.63) is 30.3 Å². The molecule has 1 rings (SSSR count). The summed E-state index contributed by atoms with van der Waals surface area (Å²) in [5.41, 5.74) is 1.14. The van der Waals surface area contributed by atoms with E-state index < -0.39 is 0 Å². The zero-order chi connectivity index (χ0) is 13.4. The predicted octanol–water partition coefficient (Wildman–Crippen LogP) is 2.69. The Kier molecular flexibility index (Phi) is 6.76. The van der Waals surface area contributed by atoms with Gasteiger partial charge in [-0.2, -0.15) is 0 Å². The van der Waals surface area contributed by atoms with Crippen molar-refractivity contribution in [3.63, 3.8) is 0 Å². The lowest BCUT2D eigenvalue weighted by atomic mass is 10.1. The molecule has 1 atom stereocenters. The van der Waals surface area contributed by atoms with Gasteiger partial charge in [0.25, 0.3) is 0 Å². The zero-order valence-electron chi connectivity index (χ0n) is 11.7. The maximum absolute atomic E-state index is 9.48. The molecule has 0 fully saturated rings. The predicted molar refractivity (Wildman–Crippen MR) is 76.0 cm³/mol. The molecule has 102 valence electrons. The highest BCUT2D eigenvalue weighted by Crippen LogP contribution is 2.17. The Hall–Kier alpha value is -1.06. The Labute approximate surface area is 110 Å². The molecule has 0 aliphatic carbocycles. The van der Waals surface area contributed by atoms with E-state index in [0.717, 1.165) is 18.7 Å². The number of para-hydroxylation sites is 1. The standard InChI is InChI=1S/C15H25NO2/c1-4-14(12-17)16(10-11-18-13(2)3)15-8-6-5-7-9-15/h5-9,13-14,17H,4,10-12H2,1-3H3. The number of aliphatic hydroxyl groups excluding tert-OH is 1. The van der Waals surface area contributed by atoms with Crippen LogP contribution >= 0.6 is 0 Å². The summed E-state index contributed by atoms with van der Waals surface area (Å²) in [6.45, 7) is 7.84. The molecule has 0 aromatic heterocycles. The second kappa shape index (κ2) is 8.11. The molecular weight excluding hydrogens is 226 g/mol. The van der Waals surface area contributed by atoms with E-state index in [1.807, 2.05) is 32.0 Å². The molecule has 0 spiro atoms. The van der Waals surface area contributed by atoms with Crippen LogP contribution in [0.15, 0.2) is 30.3 Å². The third kappa shape index (κ3) is 4.67. The zero-order valence-corrected chi connectivity index (χ0v) is 11.7. The van der Waals surface area contributed by atoms with Gasteiger partial charge in [-0.15, -0.1) is 0 Å². The van der Waals surface area contributed by atoms with Crippen molar-refractivity contribution in [2.45, 2.75) is 39.3 Å². The van der Waals surface area contributed by atoms with Crippen molar-refractivity contribution in [1.29, 1.82) is 0 Å². The van der Waals surface area contributed by atoms with Crippen molar-refractivity contribution in [3.8, 4) is 0 Å². The van der Waals surface area contributed by atoms with Gasteiger partial charge in [-0.25, -0.2) is 0 Å². The molecule has 0 radical (unpaired) electrons. The third-order valence-electron chi connectivity index (χ3n) is 2.99. The van der Waals surface area contributed by atoms with Crippen LogP contribution in [0.25, 0.3) is 0 Å². The Morgan fingerprint density at radius 3 is 2.39 bits per heavy atom. The van der Waals surface area contributed by atoms with Gasteiger partial charge in [-0.1, -0.05) is 25.1 Å². The number of hydrogen-bond donors (Lipinski definition) is 1. The van der Waals surface area contributed by atoms with Gasteiger partial charge in [0, 0.05) is 12.2 Å². The smallest absolute Gasteiger partial charge is 0.0645 e. The van der Waals surface area contributed by atoms with E-state index in [-0.39, 0.29) is 18.8 Å². The van der Waals surface area contributed by atoms with Gasteiger partial charge >= 0.3 is 0 Å². The number of anilines is 1. The first-order valence-electron chi connectivity index (χ1n) is 6.73. The lowest BCUT2D eigenvalue weighted by Crippen LogP contribution is -2.40. The van der Waals surface area contributed by atoms with Gasteiger partial charge in [0.05, 0.1) is 25.4 Å². The second-order valence-electron chi connectivity index (χ2n) is 4.69. The van der Waals surface area contributed by atoms with Gasteiger partial charge in [-0.05, 0) is 32.4 Å². The van der Waals surface area contributed by atoms with E-state index in [1.165, 1.54) is 0 Å². The first kappa shape index (κ1) is 15.0. The quantitative estimate of drug-likeness (QED) is 0.771. The van der Waals surface area contributed by atoms with Crippen LogP contribution in [0.3, 0.4) is 0 Å². The summed E-state index contributed by atoms with van der Waals surface area (Å²) < 4.78 is 5.61. The molecule has 0 saturated heterocycles. The maximum Gasteiger partial charge on any atom is 0.0645 e. The number of nitrogens with zero attached hydrogens (tertiary/aromatic N) is 1. The minimum absolute atomic E-state index is 0.156. The Morgan fingerprint density at radius 2 is 1.89 bits per heavy atom. The number of aliphatic hydroxyl groups is 1. The normalized spacial score (nSPS) is 12.7. The van der Waals surface area contributed by atoms with Crippen LogP contribution in [-0.2, 0) is 4.74 Å². The molecule has 0 bridgehead atoms. The average Bonchev–Trinajstić information content (AvgIpc) is 2.39. The number of rotatable bonds is 8. The molecule has 3 nitrogen and oxygen atoms in total. The molecule has 0 heterocycles. The van der Waals surface area contributed by atoms with Crippen LogP contribution in [-0.4, -0.2) is 37.0 Å². The summed E-state index contributed by atoms with van der Waals surface area (Å²) in [6, 6.07) is 10.4. The van der Waals surface area contributed by atoms with Gasteiger partial charge in [0.2, 0.25) is 0 Å². The fraction of sp³-hybridized carbons (Fsp3) is 0.600. The monoisotopic (exact) mass is 251 g/mol. The number of benzene rings is 1. The fourth-order valence-electron chi connectivity index (χ4n) is 1.98. The Balaban J connectivity index is 2.69. The molecule has 1 N–H and O–H groups in total. The van der Waals surface area contributed by atoms with E-state index in [1.54, 1.807) is 0 Å². The Morgan fingerprint density at radius 1 is 1.22 bits per heavy atom. The lowest BCUT2D eigenvalue weighted by Gasteiger charge is -2.32. The van der Waals surface area contributed by atoms with Crippen LogP contribution in [0, 0.1) is 0 Å². The highest BCUT2D eigenvalue weighted by molar-refractivity contribution is 5.47. The van der Waals surface area contributed by atoms with E-state index in [0.29, 0.717) is 6.61 Å². The summed E-state index contributed by atoms with van der Waals surface area (Å²) >= 11 is 0. The molecule has 0 aliphatic heterocycles. The van der Waals surface area contributed by atoms with Crippen molar-refractivity contribution >= 4 is 5.69 Å². The first-order chi connectivity index (χ1) is 8.69. The summed E-state index contributed by atoms with van der Waals surface area (Å²) in [7, 11) is 0. The van der Waals surface area contributed by atoms with Gasteiger partial charge in [0.1, 0.15) is 0 Å². The van der Waals surface area contributed by atoms with Gasteiger partial charge in [-0.3, -0.25) is 0 Å². The number of hydrogen-bond acceptors (Lipinski definition) is 3. The van der Waals surface area contributed by atoms with Gasteiger partial charge < -0.3 is 14.7 Å². The molecular formula is C15H25NO2. The van der Waals surface area contributed by atoms with E-state index in [9.17, 15) is 5.11 Å². The van der Waals surface area contributed by atoms with Crippen molar-refractivity contribution in [2.75, 3.05) is 24.7 Å². The van der Waals surface area contributed by atoms with Crippen LogP contribution < -0.4 is 4.90 Å². The van der Waals surface area contributed by atoms with Gasteiger partial charge in [0.15, 0.2) is 0 Å². The molecule has 3 heteroatoms. The molecule has 1 unspecified atom stereocenters. The van der Waals surface area contributed by atoms with Crippen LogP contribution in [0.1, 0.15) is 27.2 Å². The Bertz CT molecular complexity index is 310. The van der Waals surface area contributed by atoms with Crippen molar-refractivity contribution in [2.24, 2.45) is 0 Å². The average molecular weight is 251 g/mol. The summed E-state index contributed by atoms with van der Waals surface area (Å²) in [4.78, 5) is 2.22. The third-order valence-corrected chi connectivity index (χ3v) is 2.99. The maximum atomic E-state index is 9.48. The van der Waals surface area contributed by atoms with Crippen LogP contribution in [0.4, 0.5) is 5.69 Å². The molecule has 18 heavy (non-hydrogen) atoms. The van der Waals surface area contributed by atoms with E-state index in [2.05, 4.69) is 24.0 Å². The molecule has 0 amide bonds. The first-order valence-corrected chi connectivity index (χ1v) is 6.73. The van der Waals surface area contributed by atoms with E-state index >= 15 is 0 Å². The van der Waals surface area contributed by atoms with Crippen LogP contribution in [0.5, 0.6) is 0 Å². The lowest BCUT2D eigenvalue weighted by molar-refractivity contribution is 0.0821. The summed E-state index contributed by atoms with van der Waals surface area (Å²) in [5, 5.41) is 9.48. The van der Waals surface area contributed by atoms with Crippen LogP contribution in [0.2, 0.25) is 0 Å². The summed E-state index contributed by atoms with van der Waals surface area (Å²) in [5.74, 6) is 0. The summed E-state index contributed by atoms with van der Waals surface area (Å²) in [6.07, 6.45) is 1.17. The van der Waals surface area contributed by atoms with Crippen molar-refractivity contribution < 1.29 is 9.84 Å². The minimum Gasteiger partial charge on any atom is -0.394 e. The largest absolute Gasteiger partial charge is 0.394 e. The highest BCUT2D eigenvalue weighted by Gasteiger charge is 2.16. The fourth-order valence-corrected chi connectivity index (χ4v) is 1.98. The highest BCUT2D eigenvalue weighted by atomic mass is 16.5. The molecule has 0 aliphatic rings. The van der Waals surface area contributed by atoms with E-state index in [4.69, 9.17) is 4.74 Å².